The Morgan fingerprint density at radius 3 is 2.65 bits per heavy atom. The number of carbonyl (C=O) groups excluding carboxylic acids is 1. The van der Waals surface area contributed by atoms with Crippen LogP contribution < -0.4 is 10.6 Å². The lowest BCUT2D eigenvalue weighted by atomic mass is 10.0. The number of halogens is 3. The lowest BCUT2D eigenvalue weighted by Gasteiger charge is -2.31. The average Bonchev–Trinajstić information content (AvgIpc) is 2.26. The lowest BCUT2D eigenvalue weighted by molar-refractivity contribution is -0.161. The van der Waals surface area contributed by atoms with Crippen LogP contribution in [-0.2, 0) is 9.53 Å². The highest BCUT2D eigenvalue weighted by Crippen LogP contribution is 2.26. The number of alkyl halides is 3. The quantitative estimate of drug-likeness (QED) is 0.781. The van der Waals surface area contributed by atoms with Crippen molar-refractivity contribution in [3.05, 3.63) is 0 Å². The third-order valence-electron chi connectivity index (χ3n) is 2.71. The van der Waals surface area contributed by atoms with E-state index in [1.54, 1.807) is 0 Å². The summed E-state index contributed by atoms with van der Waals surface area (Å²) < 4.78 is 41.7. The van der Waals surface area contributed by atoms with Crippen molar-refractivity contribution in [2.45, 2.75) is 37.5 Å². The Hall–Kier alpha value is -0.820. The first kappa shape index (κ1) is 14.2. The molecule has 1 heterocycles. The van der Waals surface area contributed by atoms with Crippen LogP contribution in [0.4, 0.5) is 13.2 Å². The van der Waals surface area contributed by atoms with E-state index in [1.807, 2.05) is 0 Å². The molecule has 7 heteroatoms. The molecule has 1 aliphatic heterocycles. The highest BCUT2D eigenvalue weighted by Gasteiger charge is 2.41. The Morgan fingerprint density at radius 2 is 2.18 bits per heavy atom. The third-order valence-corrected chi connectivity index (χ3v) is 2.71. The number of rotatable bonds is 4. The highest BCUT2D eigenvalue weighted by atomic mass is 19.4. The van der Waals surface area contributed by atoms with E-state index in [0.29, 0.717) is 13.0 Å². The number of hydrogen-bond donors (Lipinski definition) is 2. The molecule has 100 valence electrons. The summed E-state index contributed by atoms with van der Waals surface area (Å²) in [6, 6.07) is -1.67. The van der Waals surface area contributed by atoms with Crippen molar-refractivity contribution >= 4 is 5.91 Å². The van der Waals surface area contributed by atoms with Gasteiger partial charge < -0.3 is 15.4 Å². The van der Waals surface area contributed by atoms with E-state index in [4.69, 9.17) is 4.74 Å². The van der Waals surface area contributed by atoms with Gasteiger partial charge in [-0.3, -0.25) is 4.79 Å². The van der Waals surface area contributed by atoms with Crippen LogP contribution in [0.15, 0.2) is 0 Å². The zero-order valence-electron chi connectivity index (χ0n) is 9.64. The SMILES string of the molecule is COCCC(=O)NC1CCC(C(F)(F)F)NC1. The molecule has 1 fully saturated rings. The van der Waals surface area contributed by atoms with E-state index in [2.05, 4.69) is 10.6 Å². The van der Waals surface area contributed by atoms with Gasteiger partial charge >= 0.3 is 6.18 Å². The Labute approximate surface area is 97.9 Å². The topological polar surface area (TPSA) is 50.4 Å². The first-order valence-corrected chi connectivity index (χ1v) is 5.52. The van der Waals surface area contributed by atoms with Gasteiger partial charge in [-0.1, -0.05) is 0 Å². The van der Waals surface area contributed by atoms with E-state index in [0.717, 1.165) is 0 Å². The summed E-state index contributed by atoms with van der Waals surface area (Å²) in [5, 5.41) is 5.08. The predicted molar refractivity (Wildman–Crippen MR) is 55.5 cm³/mol. The maximum Gasteiger partial charge on any atom is 0.403 e. The molecule has 2 atom stereocenters. The summed E-state index contributed by atoms with van der Waals surface area (Å²) in [6.07, 6.45) is -3.63. The molecule has 4 nitrogen and oxygen atoms in total. The summed E-state index contributed by atoms with van der Waals surface area (Å²) in [4.78, 5) is 11.3. The fourth-order valence-corrected chi connectivity index (χ4v) is 1.75. The van der Waals surface area contributed by atoms with Gasteiger partial charge in [0.1, 0.15) is 6.04 Å². The zero-order valence-corrected chi connectivity index (χ0v) is 9.64. The number of carbonyl (C=O) groups is 1. The van der Waals surface area contributed by atoms with Gasteiger partial charge in [-0.25, -0.2) is 0 Å². The molecule has 1 aliphatic rings. The molecule has 2 N–H and O–H groups in total. The molecule has 1 saturated heterocycles. The van der Waals surface area contributed by atoms with E-state index in [9.17, 15) is 18.0 Å². The van der Waals surface area contributed by atoms with Gasteiger partial charge in [-0.05, 0) is 12.8 Å². The van der Waals surface area contributed by atoms with Crippen LogP contribution >= 0.6 is 0 Å². The molecule has 17 heavy (non-hydrogen) atoms. The van der Waals surface area contributed by atoms with Crippen LogP contribution in [0.25, 0.3) is 0 Å². The van der Waals surface area contributed by atoms with Crippen molar-refractivity contribution in [1.29, 1.82) is 0 Å². The van der Waals surface area contributed by atoms with Gasteiger partial charge in [0.25, 0.3) is 0 Å². The fraction of sp³-hybridized carbons (Fsp3) is 0.900. The van der Waals surface area contributed by atoms with Crippen molar-refractivity contribution in [1.82, 2.24) is 10.6 Å². The van der Waals surface area contributed by atoms with Gasteiger partial charge in [0.05, 0.1) is 6.61 Å². The summed E-state index contributed by atoms with van der Waals surface area (Å²) >= 11 is 0. The first-order chi connectivity index (χ1) is 7.93. The fourth-order valence-electron chi connectivity index (χ4n) is 1.75. The summed E-state index contributed by atoms with van der Waals surface area (Å²) in [7, 11) is 1.49. The number of amides is 1. The van der Waals surface area contributed by atoms with Crippen LogP contribution in [0, 0.1) is 0 Å². The molecule has 0 radical (unpaired) electrons. The van der Waals surface area contributed by atoms with Crippen molar-refractivity contribution < 1.29 is 22.7 Å². The third kappa shape index (κ3) is 4.91. The lowest BCUT2D eigenvalue weighted by Crippen LogP contribution is -2.54. The largest absolute Gasteiger partial charge is 0.403 e. The summed E-state index contributed by atoms with van der Waals surface area (Å²) in [5.41, 5.74) is 0. The second kappa shape index (κ2) is 6.20. The monoisotopic (exact) mass is 254 g/mol. The van der Waals surface area contributed by atoms with Gasteiger partial charge in [0.2, 0.25) is 5.91 Å². The molecule has 0 bridgehead atoms. The van der Waals surface area contributed by atoms with Crippen molar-refractivity contribution in [2.75, 3.05) is 20.3 Å². The number of piperidine rings is 1. The molecule has 0 aromatic rings. The second-order valence-electron chi connectivity index (χ2n) is 4.09. The molecule has 2 unspecified atom stereocenters. The van der Waals surface area contributed by atoms with E-state index >= 15 is 0 Å². The maximum atomic E-state index is 12.3. The van der Waals surface area contributed by atoms with Crippen molar-refractivity contribution in [2.24, 2.45) is 0 Å². The van der Waals surface area contributed by atoms with Crippen LogP contribution in [0.5, 0.6) is 0 Å². The molecular formula is C10H17F3N2O2. The Morgan fingerprint density at radius 1 is 1.47 bits per heavy atom. The molecule has 1 amide bonds. The molecule has 0 saturated carbocycles. The molecule has 0 aliphatic carbocycles. The summed E-state index contributed by atoms with van der Waals surface area (Å²) in [6.45, 7) is 0.472. The standard InChI is InChI=1S/C10H17F3N2O2/c1-17-5-4-9(16)15-7-2-3-8(14-6-7)10(11,12)13/h7-8,14H,2-6H2,1H3,(H,15,16). The number of nitrogens with one attached hydrogen (secondary N) is 2. The summed E-state index contributed by atoms with van der Waals surface area (Å²) in [5.74, 6) is -0.191. The average molecular weight is 254 g/mol. The molecule has 0 aromatic heterocycles. The molecule has 0 aromatic carbocycles. The number of ether oxygens (including phenoxy) is 1. The smallest absolute Gasteiger partial charge is 0.384 e. The minimum absolute atomic E-state index is 0.00127. The molecule has 0 spiro atoms. The van der Waals surface area contributed by atoms with Crippen LogP contribution in [0.1, 0.15) is 19.3 Å². The van der Waals surface area contributed by atoms with Crippen molar-refractivity contribution in [3.8, 4) is 0 Å². The van der Waals surface area contributed by atoms with E-state index in [1.165, 1.54) is 7.11 Å². The molecular weight excluding hydrogens is 237 g/mol. The second-order valence-corrected chi connectivity index (χ2v) is 4.09. The van der Waals surface area contributed by atoms with Crippen LogP contribution in [-0.4, -0.2) is 44.4 Å². The van der Waals surface area contributed by atoms with E-state index in [-0.39, 0.29) is 31.3 Å². The Kier molecular flexibility index (Phi) is 5.20. The maximum absolute atomic E-state index is 12.3. The predicted octanol–water partition coefficient (Wildman–Crippen LogP) is 0.822. The van der Waals surface area contributed by atoms with Gasteiger partial charge in [-0.2, -0.15) is 13.2 Å². The Balaban J connectivity index is 2.25. The first-order valence-electron chi connectivity index (χ1n) is 5.52. The highest BCUT2D eigenvalue weighted by molar-refractivity contribution is 5.76. The van der Waals surface area contributed by atoms with Gasteiger partial charge in [-0.15, -0.1) is 0 Å². The van der Waals surface area contributed by atoms with Gasteiger partial charge in [0, 0.05) is 26.1 Å². The zero-order chi connectivity index (χ0) is 12.9. The Bertz CT molecular complexity index is 250. The van der Waals surface area contributed by atoms with Gasteiger partial charge in [0.15, 0.2) is 0 Å². The number of methoxy groups -OCH3 is 1. The normalized spacial score (nSPS) is 25.6. The van der Waals surface area contributed by atoms with Crippen LogP contribution in [0.3, 0.4) is 0 Å². The minimum atomic E-state index is -4.20. The minimum Gasteiger partial charge on any atom is -0.384 e. The van der Waals surface area contributed by atoms with Crippen LogP contribution in [0.2, 0.25) is 0 Å². The van der Waals surface area contributed by atoms with Crippen molar-refractivity contribution in [3.63, 3.8) is 0 Å². The number of hydrogen-bond acceptors (Lipinski definition) is 3. The van der Waals surface area contributed by atoms with E-state index < -0.39 is 12.2 Å². The molecule has 1 rings (SSSR count).